The second kappa shape index (κ2) is 2.92. The summed E-state index contributed by atoms with van der Waals surface area (Å²) in [6.07, 6.45) is 5.80. The largest absolute Gasteiger partial charge is 0.223 e. The molecule has 5 heavy (non-hydrogen) atoms. The van der Waals surface area contributed by atoms with Gasteiger partial charge in [-0.15, -0.1) is 6.42 Å². The topological polar surface area (TPSA) is 19.9 Å². The van der Waals surface area contributed by atoms with Crippen molar-refractivity contribution in [1.29, 1.82) is 0 Å². The minimum absolute atomic E-state index is 1.28. The molecule has 0 atom stereocenters. The Kier molecular flexibility index (Phi) is 2.29. The van der Waals surface area contributed by atoms with E-state index in [2.05, 4.69) is 6.42 Å². The molecule has 0 amide bonds. The van der Waals surface area contributed by atoms with Gasteiger partial charge in [-0.1, -0.05) is 0 Å². The van der Waals surface area contributed by atoms with E-state index in [0.717, 1.165) is 0 Å². The van der Waals surface area contributed by atoms with Crippen molar-refractivity contribution in [3.05, 3.63) is 0 Å². The van der Waals surface area contributed by atoms with Gasteiger partial charge in [-0.25, -0.2) is 5.11 Å². The van der Waals surface area contributed by atoms with Gasteiger partial charge in [-0.05, 0) is 5.92 Å². The molecule has 0 aliphatic heterocycles. The molecule has 0 N–H and O–H groups in total. The monoisotopic (exact) mass is 65.0 g/mol. The van der Waals surface area contributed by atoms with Crippen molar-refractivity contribution >= 4 is 0 Å². The third-order valence-electron chi connectivity index (χ3n) is 0.123. The summed E-state index contributed by atoms with van der Waals surface area (Å²) in [6.45, 7) is 0. The molecule has 0 heterocycles. The van der Waals surface area contributed by atoms with E-state index < -0.39 is 0 Å². The summed E-state index contributed by atoms with van der Waals surface area (Å²) in [5, 5.41) is 9.03. The first kappa shape index (κ1) is 3.92. The first-order valence-corrected chi connectivity index (χ1v) is 0.993. The molecule has 0 unspecified atom stereocenters. The zero-order chi connectivity index (χ0) is 4.12. The van der Waals surface area contributed by atoms with Crippen LogP contribution in [0.2, 0.25) is 0 Å². The Labute approximate surface area is 30.6 Å². The molecule has 0 saturated heterocycles. The minimum Gasteiger partial charge on any atom is -0.223 e. The Morgan fingerprint density at radius 1 is 1.60 bits per heavy atom. The van der Waals surface area contributed by atoms with Crippen molar-refractivity contribution in [2.24, 2.45) is 0 Å². The molecule has 1 heteroatoms. The van der Waals surface area contributed by atoms with Crippen LogP contribution in [-0.4, -0.2) is 0 Å². The molecule has 0 fully saturated rings. The molecule has 1 nitrogen and oxygen atoms in total. The second-order valence-electron chi connectivity index (χ2n) is 0.371. The summed E-state index contributed by atoms with van der Waals surface area (Å²) in [5.41, 5.74) is 0. The highest BCUT2D eigenvalue weighted by molar-refractivity contribution is 5.18. The van der Waals surface area contributed by atoms with Gasteiger partial charge in [0.2, 0.25) is 0 Å². The number of hydrogen-bond acceptors (Lipinski definition) is 0. The van der Waals surface area contributed by atoms with Crippen LogP contribution in [0.5, 0.6) is 0 Å². The molecule has 1 radical (unpaired) electrons. The van der Waals surface area contributed by atoms with Crippen LogP contribution in [-0.2, 0) is 5.11 Å². The maximum absolute atomic E-state index is 9.03. The average molecular weight is 65.1 g/mol. The molecule has 0 saturated carbocycles. The maximum Gasteiger partial charge on any atom is 0.186 e. The Hall–Kier alpha value is -1.08. The molecule has 0 aliphatic rings. The molecule has 0 aliphatic carbocycles. The van der Waals surface area contributed by atoms with E-state index in [1.54, 1.807) is 0 Å². The quantitative estimate of drug-likeness (QED) is 0.354. The predicted molar refractivity (Wildman–Crippen MR) is 17.3 cm³/mol. The lowest BCUT2D eigenvalue weighted by Crippen LogP contribution is -1.40. The van der Waals surface area contributed by atoms with Gasteiger partial charge in [-0.3, -0.25) is 0 Å². The first-order chi connectivity index (χ1) is 2.41. The van der Waals surface area contributed by atoms with Crippen molar-refractivity contribution < 1.29 is 5.11 Å². The van der Waals surface area contributed by atoms with Crippen LogP contribution >= 0.6 is 0 Å². The molecule has 23 valence electrons. The Morgan fingerprint density at radius 2 is 2.20 bits per heavy atom. The molecular weight excluding hydrogens is 64.0 g/mol. The van der Waals surface area contributed by atoms with Gasteiger partial charge in [0.1, 0.15) is 0 Å². The molecule has 0 bridgehead atoms. The third-order valence-corrected chi connectivity index (χ3v) is 0.123. The van der Waals surface area contributed by atoms with Crippen molar-refractivity contribution in [2.45, 2.75) is 0 Å². The van der Waals surface area contributed by atoms with E-state index >= 15 is 0 Å². The molecule has 0 aromatic rings. The van der Waals surface area contributed by atoms with Gasteiger partial charge in [0.05, 0.1) is 0 Å². The van der Waals surface area contributed by atoms with Crippen molar-refractivity contribution in [3.63, 3.8) is 0 Å². The Morgan fingerprint density at radius 3 is 2.20 bits per heavy atom. The maximum atomic E-state index is 9.03. The smallest absolute Gasteiger partial charge is 0.186 e. The number of terminal acetylenes is 1. The molecule has 0 spiro atoms. The summed E-state index contributed by atoms with van der Waals surface area (Å²) >= 11 is 0. The van der Waals surface area contributed by atoms with Gasteiger partial charge in [0.15, 0.2) is 6.11 Å². The summed E-state index contributed by atoms with van der Waals surface area (Å²) < 4.78 is 0. The van der Waals surface area contributed by atoms with Crippen LogP contribution in [0.4, 0.5) is 0 Å². The number of rotatable bonds is 0. The summed E-state index contributed by atoms with van der Waals surface area (Å²) in [6, 6.07) is 0. The van der Waals surface area contributed by atoms with Gasteiger partial charge in [0.25, 0.3) is 0 Å². The van der Waals surface area contributed by atoms with E-state index in [-0.39, 0.29) is 0 Å². The molecule has 0 aromatic carbocycles. The van der Waals surface area contributed by atoms with Crippen LogP contribution in [0.25, 0.3) is 0 Å². The highest BCUT2D eigenvalue weighted by Crippen LogP contribution is 1.37. The van der Waals surface area contributed by atoms with Crippen LogP contribution in [0.15, 0.2) is 0 Å². The van der Waals surface area contributed by atoms with E-state index in [0.29, 0.717) is 0 Å². The van der Waals surface area contributed by atoms with Gasteiger partial charge < -0.3 is 0 Å². The van der Waals surface area contributed by atoms with Crippen LogP contribution < -0.4 is 0 Å². The fourth-order valence-corrected chi connectivity index (χ4v) is 0.0295. The number of hydrogen-bond donors (Lipinski definition) is 0. The summed E-state index contributed by atoms with van der Waals surface area (Å²) in [4.78, 5) is 0. The third kappa shape index (κ3) is 2.92. The first-order valence-electron chi connectivity index (χ1n) is 0.993. The minimum atomic E-state index is 1.28. The van der Waals surface area contributed by atoms with Crippen LogP contribution in [0, 0.1) is 24.4 Å². The standard InChI is InChI=1S/C4HO/c1-2-3-4-5/h1H. The van der Waals surface area contributed by atoms with Gasteiger partial charge >= 0.3 is 0 Å². The zero-order valence-electron chi connectivity index (χ0n) is 2.49. The van der Waals surface area contributed by atoms with Crippen molar-refractivity contribution in [3.8, 4) is 24.4 Å². The SMILES string of the molecule is C#CC#C[O]. The summed E-state index contributed by atoms with van der Waals surface area (Å²) in [5.74, 6) is 3.68. The Bertz CT molecular complexity index is 97.0. The van der Waals surface area contributed by atoms with Crippen molar-refractivity contribution in [2.75, 3.05) is 0 Å². The lowest BCUT2D eigenvalue weighted by Gasteiger charge is -1.37. The highest BCUT2D eigenvalue weighted by atomic mass is 16.2. The zero-order valence-corrected chi connectivity index (χ0v) is 2.49. The lowest BCUT2D eigenvalue weighted by molar-refractivity contribution is 0.392. The lowest BCUT2D eigenvalue weighted by atomic mass is 10.7. The fourth-order valence-electron chi connectivity index (χ4n) is 0.0295. The van der Waals surface area contributed by atoms with E-state index in [9.17, 15) is 0 Å². The highest BCUT2D eigenvalue weighted by Gasteiger charge is 1.41. The molecule has 0 rings (SSSR count). The fraction of sp³-hybridized carbons (Fsp3) is 0. The molecule has 0 aromatic heterocycles. The van der Waals surface area contributed by atoms with E-state index in [4.69, 9.17) is 5.11 Å². The van der Waals surface area contributed by atoms with Gasteiger partial charge in [0, 0.05) is 5.92 Å². The van der Waals surface area contributed by atoms with Crippen LogP contribution in [0.3, 0.4) is 0 Å². The van der Waals surface area contributed by atoms with Crippen molar-refractivity contribution in [1.82, 2.24) is 0 Å². The predicted octanol–water partition coefficient (Wildman–Crippen LogP) is 0.0110. The normalized spacial score (nSPS) is 3.00. The van der Waals surface area contributed by atoms with Crippen LogP contribution in [0.1, 0.15) is 0 Å². The Balaban J connectivity index is 3.30. The van der Waals surface area contributed by atoms with E-state index in [1.165, 1.54) is 6.11 Å². The summed E-state index contributed by atoms with van der Waals surface area (Å²) in [7, 11) is 0. The van der Waals surface area contributed by atoms with Gasteiger partial charge in [-0.2, -0.15) is 0 Å². The molecular formula is C4HO. The van der Waals surface area contributed by atoms with E-state index in [1.807, 2.05) is 11.8 Å². The second-order valence-corrected chi connectivity index (χ2v) is 0.371. The average Bonchev–Trinajstić information content (AvgIpc) is 1.41.